The number of benzene rings is 2. The number of likely N-dealkylation sites (N-methyl/N-ethyl adjacent to an activating group) is 1. The first-order valence-electron chi connectivity index (χ1n) is 16.7. The molecule has 0 spiro atoms. The van der Waals surface area contributed by atoms with E-state index >= 15 is 0 Å². The fourth-order valence-corrected chi connectivity index (χ4v) is 5.46. The molecule has 0 amide bonds. The van der Waals surface area contributed by atoms with Gasteiger partial charge in [-0.2, -0.15) is 10.2 Å². The number of aliphatic hydroxyl groups excluding tert-OH is 6. The zero-order chi connectivity index (χ0) is 37.8. The Hall–Kier alpha value is -4.11. The van der Waals surface area contributed by atoms with Crippen LogP contribution in [0.3, 0.4) is 0 Å². The predicted octanol–water partition coefficient (Wildman–Crippen LogP) is -0.0102. The summed E-state index contributed by atoms with van der Waals surface area (Å²) in [6.45, 7) is 2.63. The van der Waals surface area contributed by atoms with E-state index in [1.807, 2.05) is 66.4 Å². The van der Waals surface area contributed by atoms with Crippen LogP contribution >= 0.6 is 0 Å². The van der Waals surface area contributed by atoms with Gasteiger partial charge in [-0.25, -0.2) is 0 Å². The number of rotatable bonds is 16. The lowest BCUT2D eigenvalue weighted by Crippen LogP contribution is -2.65. The molecule has 2 aromatic rings. The van der Waals surface area contributed by atoms with Crippen LogP contribution in [0.4, 0.5) is 17.1 Å². The highest BCUT2D eigenvalue weighted by molar-refractivity contribution is 5.77. The molecule has 0 saturated carbocycles. The van der Waals surface area contributed by atoms with Gasteiger partial charge in [-0.1, -0.05) is 18.2 Å². The van der Waals surface area contributed by atoms with Crippen molar-refractivity contribution in [2.75, 3.05) is 37.8 Å². The monoisotopic (exact) mass is 735 g/mol. The maximum Gasteiger partial charge on any atom is 0.306 e. The number of nitrogens with zero attached hydrogens (tertiary/aromatic N) is 3. The molecule has 0 bridgehead atoms. The summed E-state index contributed by atoms with van der Waals surface area (Å²) in [5.41, 5.74) is 2.30. The first kappa shape index (κ1) is 40.7. The molecule has 286 valence electrons. The van der Waals surface area contributed by atoms with E-state index in [-0.39, 0.29) is 19.4 Å². The Bertz CT molecular complexity index is 1460. The summed E-state index contributed by atoms with van der Waals surface area (Å²) >= 11 is 0. The van der Waals surface area contributed by atoms with Crippen molar-refractivity contribution in [3.05, 3.63) is 54.6 Å². The summed E-state index contributed by atoms with van der Waals surface area (Å²) in [5.74, 6) is -2.39. The fraction of sp³-hybridized carbons (Fsp3) is 0.559. The van der Waals surface area contributed by atoms with Gasteiger partial charge in [0.25, 0.3) is 0 Å². The summed E-state index contributed by atoms with van der Waals surface area (Å²) in [6.07, 6.45) is -17.6. The molecule has 2 saturated heterocycles. The van der Waals surface area contributed by atoms with E-state index in [2.05, 4.69) is 10.2 Å². The molecule has 4 rings (SSSR count). The number of carbonyl (C=O) groups excluding carboxylic acids is 3. The van der Waals surface area contributed by atoms with Gasteiger partial charge in [-0.15, -0.1) is 0 Å². The molecule has 2 aliphatic rings. The standard InChI is InChI=1S/C34H45N3O15/c1-3-37(22-11-9-21(10-12-22)36-35-20-7-5-4-6-8-20)15-16-47-25(40)13-14-26(41)48-18-24-27(42)28(43)32(49-19(2)39)34(51-24)52-31-23(17-38)50-33(46)30(45)29(31)44/h4-12,23-24,27-34,38,42-46H,3,13-18H2,1-2H3/t23-,24-,27+,28+,29-,30-,31-,32-,33+,34+/m1/s1. The predicted molar refractivity (Wildman–Crippen MR) is 177 cm³/mol. The second kappa shape index (κ2) is 19.6. The molecule has 0 aliphatic carbocycles. The Morgan fingerprint density at radius 3 is 2.00 bits per heavy atom. The van der Waals surface area contributed by atoms with Gasteiger partial charge in [-0.05, 0) is 43.3 Å². The zero-order valence-electron chi connectivity index (χ0n) is 28.6. The minimum Gasteiger partial charge on any atom is -0.464 e. The lowest BCUT2D eigenvalue weighted by atomic mass is 9.97. The number of ether oxygens (including phenoxy) is 6. The highest BCUT2D eigenvalue weighted by Crippen LogP contribution is 2.30. The molecule has 2 aromatic carbocycles. The van der Waals surface area contributed by atoms with Crippen LogP contribution in [0.15, 0.2) is 64.8 Å². The normalized spacial score (nSPS) is 29.0. The molecular weight excluding hydrogens is 690 g/mol. The zero-order valence-corrected chi connectivity index (χ0v) is 28.6. The Morgan fingerprint density at radius 2 is 1.38 bits per heavy atom. The summed E-state index contributed by atoms with van der Waals surface area (Å²) in [4.78, 5) is 38.5. The average molecular weight is 736 g/mol. The molecular formula is C34H45N3O15. The summed E-state index contributed by atoms with van der Waals surface area (Å²) in [6, 6.07) is 16.8. The largest absolute Gasteiger partial charge is 0.464 e. The van der Waals surface area contributed by atoms with E-state index in [0.29, 0.717) is 18.8 Å². The number of carbonyl (C=O) groups is 3. The second-order valence-electron chi connectivity index (χ2n) is 12.0. The van der Waals surface area contributed by atoms with Crippen LogP contribution < -0.4 is 4.90 Å². The number of azo groups is 1. The Labute approximate surface area is 299 Å². The van der Waals surface area contributed by atoms with Gasteiger partial charge in [0.05, 0.1) is 37.4 Å². The molecule has 0 aromatic heterocycles. The van der Waals surface area contributed by atoms with E-state index in [4.69, 9.17) is 28.4 Å². The van der Waals surface area contributed by atoms with Gasteiger partial charge >= 0.3 is 17.9 Å². The van der Waals surface area contributed by atoms with Gasteiger partial charge in [0, 0.05) is 19.2 Å². The van der Waals surface area contributed by atoms with Crippen molar-refractivity contribution in [3.63, 3.8) is 0 Å². The van der Waals surface area contributed by atoms with Crippen molar-refractivity contribution < 1.29 is 73.4 Å². The first-order chi connectivity index (χ1) is 24.9. The van der Waals surface area contributed by atoms with Crippen molar-refractivity contribution in [3.8, 4) is 0 Å². The smallest absolute Gasteiger partial charge is 0.306 e. The van der Waals surface area contributed by atoms with Crippen LogP contribution in [0.1, 0.15) is 26.7 Å². The number of hydrogen-bond donors (Lipinski definition) is 6. The van der Waals surface area contributed by atoms with Gasteiger partial charge < -0.3 is 64.0 Å². The molecule has 18 heteroatoms. The third kappa shape index (κ3) is 11.2. The van der Waals surface area contributed by atoms with E-state index in [9.17, 15) is 45.0 Å². The van der Waals surface area contributed by atoms with Crippen molar-refractivity contribution >= 4 is 35.0 Å². The highest BCUT2D eigenvalue weighted by Gasteiger charge is 2.52. The number of hydrogen-bond acceptors (Lipinski definition) is 18. The van der Waals surface area contributed by atoms with Crippen LogP contribution in [0, 0.1) is 0 Å². The van der Waals surface area contributed by atoms with E-state index in [0.717, 1.165) is 18.3 Å². The third-order valence-electron chi connectivity index (χ3n) is 8.28. The molecule has 18 nitrogen and oxygen atoms in total. The maximum atomic E-state index is 12.5. The fourth-order valence-electron chi connectivity index (χ4n) is 5.46. The molecule has 0 radical (unpaired) electrons. The van der Waals surface area contributed by atoms with E-state index in [1.54, 1.807) is 0 Å². The quantitative estimate of drug-likeness (QED) is 0.0753. The van der Waals surface area contributed by atoms with Crippen LogP contribution in [0.25, 0.3) is 0 Å². The Balaban J connectivity index is 1.23. The van der Waals surface area contributed by atoms with E-state index in [1.165, 1.54) is 0 Å². The second-order valence-corrected chi connectivity index (χ2v) is 12.0. The maximum absolute atomic E-state index is 12.5. The lowest BCUT2D eigenvalue weighted by Gasteiger charge is -2.46. The molecule has 52 heavy (non-hydrogen) atoms. The van der Waals surface area contributed by atoms with Gasteiger partial charge in [0.2, 0.25) is 0 Å². The van der Waals surface area contributed by atoms with Crippen molar-refractivity contribution in [2.24, 2.45) is 10.2 Å². The van der Waals surface area contributed by atoms with Crippen LogP contribution in [0.2, 0.25) is 0 Å². The van der Waals surface area contributed by atoms with Crippen LogP contribution in [-0.2, 0) is 42.8 Å². The first-order valence-corrected chi connectivity index (χ1v) is 16.7. The van der Waals surface area contributed by atoms with Crippen LogP contribution in [-0.4, -0.2) is 143 Å². The van der Waals surface area contributed by atoms with E-state index < -0.39 is 92.5 Å². The molecule has 6 N–H and O–H groups in total. The van der Waals surface area contributed by atoms with Crippen LogP contribution in [0.5, 0.6) is 0 Å². The van der Waals surface area contributed by atoms with Gasteiger partial charge in [-0.3, -0.25) is 14.4 Å². The third-order valence-corrected chi connectivity index (χ3v) is 8.28. The number of anilines is 1. The number of esters is 3. The highest BCUT2D eigenvalue weighted by atomic mass is 16.7. The SMILES string of the molecule is CCN(CCOC(=O)CCC(=O)OC[C@H]1O[C@@H](O[C@H]2[C@H](O)[C@@H](O)[C@@H](O)O[C@@H]2CO)[C@H](OC(C)=O)[C@@H](O)[C@H]1O)c1ccc(N=Nc2ccccc2)cc1. The average Bonchev–Trinajstić information content (AvgIpc) is 3.14. The molecule has 0 unspecified atom stereocenters. The molecule has 2 heterocycles. The van der Waals surface area contributed by atoms with Crippen molar-refractivity contribution in [1.82, 2.24) is 0 Å². The van der Waals surface area contributed by atoms with Crippen molar-refractivity contribution in [1.29, 1.82) is 0 Å². The van der Waals surface area contributed by atoms with Crippen molar-refractivity contribution in [2.45, 2.75) is 88.1 Å². The lowest BCUT2D eigenvalue weighted by molar-refractivity contribution is -0.355. The number of aliphatic hydroxyl groups is 6. The van der Waals surface area contributed by atoms with Gasteiger partial charge in [0.15, 0.2) is 18.7 Å². The topological polar surface area (TPSA) is 256 Å². The van der Waals surface area contributed by atoms with Gasteiger partial charge in [0.1, 0.15) is 55.9 Å². The summed E-state index contributed by atoms with van der Waals surface area (Å²) < 4.78 is 31.8. The Kier molecular flexibility index (Phi) is 15.4. The molecule has 2 fully saturated rings. The minimum atomic E-state index is -1.85. The Morgan fingerprint density at radius 1 is 0.769 bits per heavy atom. The minimum absolute atomic E-state index is 0.0515. The summed E-state index contributed by atoms with van der Waals surface area (Å²) in [7, 11) is 0. The summed E-state index contributed by atoms with van der Waals surface area (Å²) in [5, 5.41) is 69.7. The molecule has 10 atom stereocenters. The molecule has 2 aliphatic heterocycles.